The monoisotopic (exact) mass is 241 g/mol. The molecule has 4 nitrogen and oxygen atoms in total. The van der Waals surface area contributed by atoms with E-state index < -0.39 is 0 Å². The molecule has 1 saturated heterocycles. The molecule has 1 fully saturated rings. The number of halogens is 1. The van der Waals surface area contributed by atoms with Gasteiger partial charge in [0.1, 0.15) is 12.0 Å². The maximum absolute atomic E-state index is 13.2. The van der Waals surface area contributed by atoms with E-state index in [1.54, 1.807) is 23.9 Å². The first-order valence-corrected chi connectivity index (χ1v) is 6.04. The number of hydrogen-bond donors (Lipinski definition) is 3. The fourth-order valence-electron chi connectivity index (χ4n) is 1.37. The van der Waals surface area contributed by atoms with Gasteiger partial charge in [-0.05, 0) is 11.6 Å². The van der Waals surface area contributed by atoms with Gasteiger partial charge in [0.2, 0.25) is 0 Å². The first-order valence-electron chi connectivity index (χ1n) is 4.89. The number of hydrogen-bond acceptors (Lipinski definition) is 3. The van der Waals surface area contributed by atoms with E-state index in [2.05, 4.69) is 16.2 Å². The number of carbonyl (C=O) groups excluding carboxylic acids is 1. The third-order valence-electron chi connectivity index (χ3n) is 2.17. The molecule has 1 unspecified atom stereocenters. The van der Waals surface area contributed by atoms with Gasteiger partial charge in [-0.1, -0.05) is 18.2 Å². The summed E-state index contributed by atoms with van der Waals surface area (Å²) in [6, 6.07) is 6.48. The number of rotatable bonds is 4. The summed E-state index contributed by atoms with van der Waals surface area (Å²) in [5.41, 5.74) is 5.91. The lowest BCUT2D eigenvalue weighted by Crippen LogP contribution is -2.35. The van der Waals surface area contributed by atoms with E-state index in [0.29, 0.717) is 17.1 Å². The minimum Gasteiger partial charge on any atom is -0.319 e. The molecule has 0 aromatic heterocycles. The van der Waals surface area contributed by atoms with Gasteiger partial charge in [0.15, 0.2) is 0 Å². The molecule has 0 spiro atoms. The number of nitrogens with one attached hydrogen (secondary N) is 3. The second-order valence-electron chi connectivity index (χ2n) is 3.40. The predicted molar refractivity (Wildman–Crippen MR) is 61.2 cm³/mol. The standard InChI is InChI=1S/C10H12FN3OS/c11-8-4-2-1-3-7(8)5-16-6-9-12-10(15)14-13-9/h1-4,9,13H,5-6H2,(H2,12,14,15). The first kappa shape index (κ1) is 11.2. The fourth-order valence-corrected chi connectivity index (χ4v) is 2.34. The molecule has 0 radical (unpaired) electrons. The van der Waals surface area contributed by atoms with Crippen LogP contribution >= 0.6 is 11.8 Å². The van der Waals surface area contributed by atoms with Gasteiger partial charge in [-0.2, -0.15) is 11.8 Å². The number of hydrazine groups is 1. The van der Waals surface area contributed by atoms with Crippen LogP contribution in [0.5, 0.6) is 0 Å². The highest BCUT2D eigenvalue weighted by molar-refractivity contribution is 7.98. The van der Waals surface area contributed by atoms with Crippen molar-refractivity contribution in [2.75, 3.05) is 5.75 Å². The predicted octanol–water partition coefficient (Wildman–Crippen LogP) is 1.20. The largest absolute Gasteiger partial charge is 0.330 e. The van der Waals surface area contributed by atoms with Crippen LogP contribution in [0, 0.1) is 5.82 Å². The Morgan fingerprint density at radius 3 is 2.88 bits per heavy atom. The Hall–Kier alpha value is -1.27. The molecule has 0 bridgehead atoms. The molecular weight excluding hydrogens is 229 g/mol. The molecule has 2 amide bonds. The second kappa shape index (κ2) is 5.18. The number of benzene rings is 1. The highest BCUT2D eigenvalue weighted by atomic mass is 32.2. The Balaban J connectivity index is 1.76. The molecule has 1 aliphatic heterocycles. The van der Waals surface area contributed by atoms with E-state index in [-0.39, 0.29) is 18.0 Å². The molecule has 86 valence electrons. The van der Waals surface area contributed by atoms with E-state index in [9.17, 15) is 9.18 Å². The van der Waals surface area contributed by atoms with Crippen LogP contribution in [0.15, 0.2) is 24.3 Å². The lowest BCUT2D eigenvalue weighted by atomic mass is 10.2. The number of amides is 2. The second-order valence-corrected chi connectivity index (χ2v) is 4.43. The van der Waals surface area contributed by atoms with E-state index in [1.165, 1.54) is 6.07 Å². The fraction of sp³-hybridized carbons (Fsp3) is 0.300. The molecule has 1 aromatic rings. The van der Waals surface area contributed by atoms with Gasteiger partial charge >= 0.3 is 6.03 Å². The summed E-state index contributed by atoms with van der Waals surface area (Å²) in [5, 5.41) is 2.68. The SMILES string of the molecule is O=C1NNC(CSCc2ccccc2F)N1. The van der Waals surface area contributed by atoms with Crippen LogP contribution in [0.4, 0.5) is 9.18 Å². The summed E-state index contributed by atoms with van der Waals surface area (Å²) in [5.74, 6) is 1.10. The van der Waals surface area contributed by atoms with Crippen molar-refractivity contribution in [1.29, 1.82) is 0 Å². The number of carbonyl (C=O) groups is 1. The van der Waals surface area contributed by atoms with E-state index in [1.807, 2.05) is 6.07 Å². The van der Waals surface area contributed by atoms with Crippen LogP contribution in [0.2, 0.25) is 0 Å². The zero-order chi connectivity index (χ0) is 11.4. The highest BCUT2D eigenvalue weighted by Gasteiger charge is 2.18. The quantitative estimate of drug-likeness (QED) is 0.742. The molecule has 1 aliphatic rings. The molecule has 6 heteroatoms. The van der Waals surface area contributed by atoms with Crippen molar-refractivity contribution < 1.29 is 9.18 Å². The summed E-state index contributed by atoms with van der Waals surface area (Å²) < 4.78 is 13.2. The number of thioether (sulfide) groups is 1. The maximum atomic E-state index is 13.2. The Morgan fingerprint density at radius 1 is 1.38 bits per heavy atom. The van der Waals surface area contributed by atoms with Gasteiger partial charge in [0, 0.05) is 11.5 Å². The summed E-state index contributed by atoms with van der Waals surface area (Å²) >= 11 is 1.56. The smallest absolute Gasteiger partial charge is 0.319 e. The average molecular weight is 241 g/mol. The van der Waals surface area contributed by atoms with Gasteiger partial charge in [0.05, 0.1) is 0 Å². The lowest BCUT2D eigenvalue weighted by molar-refractivity contribution is 0.247. The van der Waals surface area contributed by atoms with Crippen molar-refractivity contribution >= 4 is 17.8 Å². The minimum atomic E-state index is -0.225. The zero-order valence-corrected chi connectivity index (χ0v) is 9.31. The normalized spacial score (nSPS) is 19.3. The topological polar surface area (TPSA) is 53.2 Å². The summed E-state index contributed by atoms with van der Waals surface area (Å²) in [4.78, 5) is 10.8. The van der Waals surface area contributed by atoms with Crippen molar-refractivity contribution in [2.45, 2.75) is 11.9 Å². The van der Waals surface area contributed by atoms with E-state index in [4.69, 9.17) is 0 Å². The molecule has 1 aromatic carbocycles. The minimum absolute atomic E-state index is 0.0933. The van der Waals surface area contributed by atoms with Crippen molar-refractivity contribution in [3.05, 3.63) is 35.6 Å². The van der Waals surface area contributed by atoms with Crippen molar-refractivity contribution in [2.24, 2.45) is 0 Å². The zero-order valence-electron chi connectivity index (χ0n) is 8.50. The van der Waals surface area contributed by atoms with Crippen LogP contribution in [0.25, 0.3) is 0 Å². The van der Waals surface area contributed by atoms with Crippen molar-refractivity contribution in [1.82, 2.24) is 16.2 Å². The Kier molecular flexibility index (Phi) is 3.63. The molecule has 1 atom stereocenters. The molecule has 2 rings (SSSR count). The van der Waals surface area contributed by atoms with Gasteiger partial charge in [-0.15, -0.1) is 0 Å². The molecule has 0 saturated carbocycles. The van der Waals surface area contributed by atoms with Gasteiger partial charge < -0.3 is 5.32 Å². The maximum Gasteiger partial charge on any atom is 0.330 e. The molecular formula is C10H12FN3OS. The van der Waals surface area contributed by atoms with Gasteiger partial charge in [-0.25, -0.2) is 14.6 Å². The molecule has 1 heterocycles. The summed E-state index contributed by atoms with van der Waals surface area (Å²) in [7, 11) is 0. The Morgan fingerprint density at radius 2 is 2.19 bits per heavy atom. The average Bonchev–Trinajstić information content (AvgIpc) is 2.67. The van der Waals surface area contributed by atoms with Crippen LogP contribution < -0.4 is 16.2 Å². The molecule has 16 heavy (non-hydrogen) atoms. The Labute approximate surface area is 97.0 Å². The van der Waals surface area contributed by atoms with Gasteiger partial charge in [0.25, 0.3) is 0 Å². The summed E-state index contributed by atoms with van der Waals surface area (Å²) in [6.45, 7) is 0. The first-order chi connectivity index (χ1) is 7.75. The van der Waals surface area contributed by atoms with Crippen LogP contribution in [-0.4, -0.2) is 17.9 Å². The van der Waals surface area contributed by atoms with E-state index >= 15 is 0 Å². The highest BCUT2D eigenvalue weighted by Crippen LogP contribution is 2.15. The van der Waals surface area contributed by atoms with Crippen molar-refractivity contribution in [3.8, 4) is 0 Å². The Bertz CT molecular complexity index is 388. The summed E-state index contributed by atoms with van der Waals surface area (Å²) in [6.07, 6.45) is -0.0933. The van der Waals surface area contributed by atoms with Crippen LogP contribution in [-0.2, 0) is 5.75 Å². The lowest BCUT2D eigenvalue weighted by Gasteiger charge is -2.08. The van der Waals surface area contributed by atoms with Gasteiger partial charge in [-0.3, -0.25) is 5.43 Å². The molecule has 0 aliphatic carbocycles. The van der Waals surface area contributed by atoms with Crippen LogP contribution in [0.1, 0.15) is 5.56 Å². The molecule has 3 N–H and O–H groups in total. The van der Waals surface area contributed by atoms with Crippen molar-refractivity contribution in [3.63, 3.8) is 0 Å². The van der Waals surface area contributed by atoms with Crippen LogP contribution in [0.3, 0.4) is 0 Å². The number of urea groups is 1. The third kappa shape index (κ3) is 2.86. The third-order valence-corrected chi connectivity index (χ3v) is 3.25. The van der Waals surface area contributed by atoms with E-state index in [0.717, 1.165) is 0 Å².